The van der Waals surface area contributed by atoms with Crippen LogP contribution in [0, 0.1) is 13.8 Å². The Morgan fingerprint density at radius 3 is 2.52 bits per heavy atom. The molecule has 1 saturated heterocycles. The number of carbonyl (C=O) groups is 1. The van der Waals surface area contributed by atoms with Crippen LogP contribution < -0.4 is 15.5 Å². The van der Waals surface area contributed by atoms with Gasteiger partial charge in [-0.15, -0.1) is 0 Å². The molecule has 1 aliphatic rings. The van der Waals surface area contributed by atoms with Crippen LogP contribution in [0.4, 0.5) is 22.0 Å². The van der Waals surface area contributed by atoms with Crippen molar-refractivity contribution in [3.8, 4) is 5.69 Å². The molecule has 3 heterocycles. The highest BCUT2D eigenvalue weighted by Gasteiger charge is 2.14. The van der Waals surface area contributed by atoms with Crippen LogP contribution in [0.15, 0.2) is 48.8 Å². The van der Waals surface area contributed by atoms with Crippen molar-refractivity contribution in [2.75, 3.05) is 41.8 Å². The molecule has 1 aromatic carbocycles. The second kappa shape index (κ2) is 8.32. The van der Waals surface area contributed by atoms with E-state index in [2.05, 4.69) is 25.6 Å². The van der Waals surface area contributed by atoms with Crippen LogP contribution in [0.25, 0.3) is 5.69 Å². The molecule has 8 nitrogen and oxygen atoms in total. The van der Waals surface area contributed by atoms with Crippen LogP contribution in [0.2, 0.25) is 0 Å². The van der Waals surface area contributed by atoms with Gasteiger partial charge in [-0.25, -0.2) is 14.5 Å². The van der Waals surface area contributed by atoms with Gasteiger partial charge in [0.1, 0.15) is 5.82 Å². The largest absolute Gasteiger partial charge is 0.378 e. The van der Waals surface area contributed by atoms with Gasteiger partial charge in [-0.05, 0) is 55.8 Å². The Balaban J connectivity index is 1.42. The molecule has 8 heteroatoms. The Labute approximate surface area is 169 Å². The fourth-order valence-corrected chi connectivity index (χ4v) is 3.28. The minimum Gasteiger partial charge on any atom is -0.378 e. The van der Waals surface area contributed by atoms with E-state index in [9.17, 15) is 4.79 Å². The number of aromatic nitrogens is 3. The number of carbonyl (C=O) groups excluding carboxylic acids is 1. The molecule has 2 aromatic heterocycles. The summed E-state index contributed by atoms with van der Waals surface area (Å²) in [5, 5.41) is 10.0. The summed E-state index contributed by atoms with van der Waals surface area (Å²) >= 11 is 0. The number of benzene rings is 1. The highest BCUT2D eigenvalue weighted by Crippen LogP contribution is 2.21. The lowest BCUT2D eigenvalue weighted by Gasteiger charge is -2.28. The van der Waals surface area contributed by atoms with Gasteiger partial charge in [-0.2, -0.15) is 5.10 Å². The first-order valence-electron chi connectivity index (χ1n) is 9.59. The number of hydrogen-bond donors (Lipinski definition) is 2. The molecule has 3 aromatic rings. The van der Waals surface area contributed by atoms with E-state index in [4.69, 9.17) is 4.74 Å². The minimum atomic E-state index is -0.302. The molecule has 0 radical (unpaired) electrons. The predicted octanol–water partition coefficient (Wildman–Crippen LogP) is 3.36. The minimum absolute atomic E-state index is 0.302. The van der Waals surface area contributed by atoms with Crippen molar-refractivity contribution in [2.24, 2.45) is 0 Å². The number of ether oxygens (including phenoxy) is 1. The number of aryl methyl sites for hydroxylation is 2. The number of nitrogens with one attached hydrogen (secondary N) is 2. The molecule has 0 bridgehead atoms. The zero-order chi connectivity index (χ0) is 20.2. The van der Waals surface area contributed by atoms with Crippen molar-refractivity contribution in [1.29, 1.82) is 0 Å². The van der Waals surface area contributed by atoms with Crippen LogP contribution in [0.3, 0.4) is 0 Å². The first-order valence-corrected chi connectivity index (χ1v) is 9.59. The third-order valence-corrected chi connectivity index (χ3v) is 4.88. The lowest BCUT2D eigenvalue weighted by Crippen LogP contribution is -2.36. The quantitative estimate of drug-likeness (QED) is 0.711. The zero-order valence-corrected chi connectivity index (χ0v) is 16.6. The fraction of sp³-hybridized carbons (Fsp3) is 0.286. The molecule has 0 spiro atoms. The number of rotatable bonds is 4. The van der Waals surface area contributed by atoms with E-state index in [0.717, 1.165) is 41.5 Å². The molecule has 0 saturated carbocycles. The number of hydrogen-bond acceptors (Lipinski definition) is 5. The van der Waals surface area contributed by atoms with E-state index in [0.29, 0.717) is 18.9 Å². The Bertz CT molecular complexity index is 996. The Hall–Kier alpha value is -3.39. The summed E-state index contributed by atoms with van der Waals surface area (Å²) in [5.74, 6) is 0.904. The molecular weight excluding hydrogens is 368 g/mol. The summed E-state index contributed by atoms with van der Waals surface area (Å²) in [6.45, 7) is 6.92. The van der Waals surface area contributed by atoms with Gasteiger partial charge in [-0.1, -0.05) is 0 Å². The van der Waals surface area contributed by atoms with Crippen LogP contribution in [0.5, 0.6) is 0 Å². The normalized spacial score (nSPS) is 13.9. The first-order chi connectivity index (χ1) is 14.1. The maximum absolute atomic E-state index is 12.5. The van der Waals surface area contributed by atoms with Crippen LogP contribution >= 0.6 is 0 Å². The molecule has 2 N–H and O–H groups in total. The number of morpholine rings is 1. The lowest BCUT2D eigenvalue weighted by atomic mass is 10.2. The molecule has 0 aliphatic carbocycles. The molecule has 0 unspecified atom stereocenters. The van der Waals surface area contributed by atoms with E-state index in [1.165, 1.54) is 0 Å². The molecule has 0 atom stereocenters. The van der Waals surface area contributed by atoms with Gasteiger partial charge in [0.2, 0.25) is 0 Å². The summed E-state index contributed by atoms with van der Waals surface area (Å²) < 4.78 is 7.16. The topological polar surface area (TPSA) is 84.3 Å². The maximum atomic E-state index is 12.5. The SMILES string of the molecule is Cc1cc(-n2cccn2)ccc1NC(=O)Nc1ccc(N2CCOCC2)nc1C. The van der Waals surface area contributed by atoms with Gasteiger partial charge in [0, 0.05) is 31.2 Å². The van der Waals surface area contributed by atoms with Crippen molar-refractivity contribution in [3.05, 3.63) is 60.0 Å². The van der Waals surface area contributed by atoms with Crippen molar-refractivity contribution in [3.63, 3.8) is 0 Å². The van der Waals surface area contributed by atoms with Gasteiger partial charge < -0.3 is 20.3 Å². The first kappa shape index (κ1) is 18.9. The highest BCUT2D eigenvalue weighted by atomic mass is 16.5. The van der Waals surface area contributed by atoms with E-state index in [1.807, 2.05) is 56.4 Å². The number of urea groups is 1. The average Bonchev–Trinajstić information content (AvgIpc) is 3.26. The third kappa shape index (κ3) is 4.38. The molecule has 150 valence electrons. The summed E-state index contributed by atoms with van der Waals surface area (Å²) in [6.07, 6.45) is 3.61. The van der Waals surface area contributed by atoms with E-state index < -0.39 is 0 Å². The Morgan fingerprint density at radius 1 is 1.07 bits per heavy atom. The summed E-state index contributed by atoms with van der Waals surface area (Å²) in [4.78, 5) is 19.3. The summed E-state index contributed by atoms with van der Waals surface area (Å²) in [6, 6.07) is 11.2. The molecular formula is C21H24N6O2. The summed E-state index contributed by atoms with van der Waals surface area (Å²) in [7, 11) is 0. The van der Waals surface area contributed by atoms with E-state index in [1.54, 1.807) is 10.9 Å². The van der Waals surface area contributed by atoms with E-state index in [-0.39, 0.29) is 6.03 Å². The predicted molar refractivity (Wildman–Crippen MR) is 113 cm³/mol. The van der Waals surface area contributed by atoms with Crippen molar-refractivity contribution < 1.29 is 9.53 Å². The van der Waals surface area contributed by atoms with Gasteiger partial charge in [-0.3, -0.25) is 0 Å². The summed E-state index contributed by atoms with van der Waals surface area (Å²) in [5.41, 5.74) is 4.09. The highest BCUT2D eigenvalue weighted by molar-refractivity contribution is 6.00. The van der Waals surface area contributed by atoms with Crippen LogP contribution in [-0.2, 0) is 4.74 Å². The molecule has 2 amide bonds. The second-order valence-corrected chi connectivity index (χ2v) is 6.93. The number of pyridine rings is 1. The smallest absolute Gasteiger partial charge is 0.323 e. The van der Waals surface area contributed by atoms with E-state index >= 15 is 0 Å². The van der Waals surface area contributed by atoms with Gasteiger partial charge >= 0.3 is 6.03 Å². The van der Waals surface area contributed by atoms with Crippen molar-refractivity contribution in [1.82, 2.24) is 14.8 Å². The van der Waals surface area contributed by atoms with Gasteiger partial charge in [0.25, 0.3) is 0 Å². The Morgan fingerprint density at radius 2 is 1.83 bits per heavy atom. The van der Waals surface area contributed by atoms with Crippen LogP contribution in [0.1, 0.15) is 11.3 Å². The molecule has 4 rings (SSSR count). The average molecular weight is 392 g/mol. The fourth-order valence-electron chi connectivity index (χ4n) is 3.28. The number of anilines is 3. The maximum Gasteiger partial charge on any atom is 0.323 e. The number of amides is 2. The van der Waals surface area contributed by atoms with Gasteiger partial charge in [0.15, 0.2) is 0 Å². The standard InChI is InChI=1S/C21H24N6O2/c1-15-14-17(27-9-3-8-22-27)4-5-18(15)24-21(28)25-19-6-7-20(23-16(19)2)26-10-12-29-13-11-26/h3-9,14H,10-13H2,1-2H3,(H2,24,25,28). The molecule has 1 aliphatic heterocycles. The third-order valence-electron chi connectivity index (χ3n) is 4.88. The van der Waals surface area contributed by atoms with Gasteiger partial charge in [0.05, 0.1) is 30.3 Å². The van der Waals surface area contributed by atoms with Crippen molar-refractivity contribution in [2.45, 2.75) is 13.8 Å². The molecule has 29 heavy (non-hydrogen) atoms. The van der Waals surface area contributed by atoms with Crippen molar-refractivity contribution >= 4 is 23.2 Å². The number of nitrogens with zero attached hydrogens (tertiary/aromatic N) is 4. The molecule has 1 fully saturated rings. The Kier molecular flexibility index (Phi) is 5.44. The monoisotopic (exact) mass is 392 g/mol. The van der Waals surface area contributed by atoms with Crippen LogP contribution in [-0.4, -0.2) is 47.1 Å². The lowest BCUT2D eigenvalue weighted by molar-refractivity contribution is 0.122. The second-order valence-electron chi connectivity index (χ2n) is 6.93. The zero-order valence-electron chi connectivity index (χ0n) is 16.6.